The Bertz CT molecular complexity index is 508. The summed E-state index contributed by atoms with van der Waals surface area (Å²) in [5.74, 6) is -0.677. The number of ether oxygens (including phenoxy) is 2. The fraction of sp³-hybridized carbons (Fsp3) is 0.824. The number of methoxy groups -OCH3 is 1. The molecule has 1 aliphatic heterocycles. The minimum absolute atomic E-state index is 0.0391. The standard InChI is InChI=1S/C17H30O5Si/c1-11-8-12(9-20-5)17(19)13(18)10-21-15(17)14(11)22-23(6,7)16(2,3)4/h8,12,14-15,19H,9-10H2,1-7H3/t12-,14+,15+,17-/m0/s1. The minimum Gasteiger partial charge on any atom is -0.407 e. The summed E-state index contributed by atoms with van der Waals surface area (Å²) in [6, 6.07) is 0. The molecule has 1 aliphatic carbocycles. The van der Waals surface area contributed by atoms with Gasteiger partial charge in [0.1, 0.15) is 12.7 Å². The highest BCUT2D eigenvalue weighted by Crippen LogP contribution is 2.45. The normalized spacial score (nSPS) is 35.2. The Hall–Kier alpha value is -0.533. The Kier molecular flexibility index (Phi) is 4.97. The number of carbonyl (C=O) groups is 1. The molecule has 0 amide bonds. The van der Waals surface area contributed by atoms with Gasteiger partial charge in [-0.05, 0) is 30.6 Å². The fourth-order valence-corrected chi connectivity index (χ4v) is 4.38. The summed E-state index contributed by atoms with van der Waals surface area (Å²) in [5.41, 5.74) is -0.552. The highest BCUT2D eigenvalue weighted by atomic mass is 28.4. The summed E-state index contributed by atoms with van der Waals surface area (Å²) < 4.78 is 17.4. The van der Waals surface area contributed by atoms with Crippen molar-refractivity contribution in [2.24, 2.45) is 5.92 Å². The molecular weight excluding hydrogens is 312 g/mol. The molecule has 0 aromatic heterocycles. The molecule has 132 valence electrons. The maximum Gasteiger partial charge on any atom is 0.193 e. The molecule has 1 fully saturated rings. The van der Waals surface area contributed by atoms with Crippen molar-refractivity contribution in [3.8, 4) is 0 Å². The molecule has 4 atom stereocenters. The number of fused-ring (bicyclic) bond motifs is 1. The van der Waals surface area contributed by atoms with E-state index in [1.165, 1.54) is 0 Å². The van der Waals surface area contributed by atoms with Crippen LogP contribution in [0.3, 0.4) is 0 Å². The first-order valence-corrected chi connectivity index (χ1v) is 11.1. The summed E-state index contributed by atoms with van der Waals surface area (Å²) in [7, 11) is -0.494. The van der Waals surface area contributed by atoms with Gasteiger partial charge >= 0.3 is 0 Å². The van der Waals surface area contributed by atoms with Gasteiger partial charge in [0, 0.05) is 13.0 Å². The second-order valence-electron chi connectivity index (χ2n) is 8.25. The number of carbonyl (C=O) groups excluding carboxylic acids is 1. The van der Waals surface area contributed by atoms with Crippen molar-refractivity contribution in [3.05, 3.63) is 11.6 Å². The van der Waals surface area contributed by atoms with Gasteiger partial charge in [-0.25, -0.2) is 0 Å². The van der Waals surface area contributed by atoms with Crippen LogP contribution in [0.1, 0.15) is 27.7 Å². The number of hydrogen-bond donors (Lipinski definition) is 1. The van der Waals surface area contributed by atoms with Crippen LogP contribution in [-0.4, -0.2) is 57.3 Å². The van der Waals surface area contributed by atoms with Crippen molar-refractivity contribution in [3.63, 3.8) is 0 Å². The molecule has 1 heterocycles. The van der Waals surface area contributed by atoms with Gasteiger partial charge in [-0.2, -0.15) is 0 Å². The molecule has 1 N–H and O–H groups in total. The maximum absolute atomic E-state index is 12.3. The number of aliphatic hydroxyl groups is 1. The van der Waals surface area contributed by atoms with E-state index in [9.17, 15) is 9.90 Å². The molecule has 6 heteroatoms. The molecule has 2 rings (SSSR count). The summed E-state index contributed by atoms with van der Waals surface area (Å²) in [6.07, 6.45) is 0.874. The van der Waals surface area contributed by atoms with Crippen LogP contribution in [-0.2, 0) is 18.7 Å². The van der Waals surface area contributed by atoms with Crippen LogP contribution >= 0.6 is 0 Å². The van der Waals surface area contributed by atoms with Gasteiger partial charge in [0.05, 0.1) is 12.7 Å². The van der Waals surface area contributed by atoms with Gasteiger partial charge in [-0.1, -0.05) is 26.8 Å². The third-order valence-corrected chi connectivity index (χ3v) is 10.1. The van der Waals surface area contributed by atoms with Crippen molar-refractivity contribution in [2.75, 3.05) is 20.3 Å². The van der Waals surface area contributed by atoms with Crippen LogP contribution in [0, 0.1) is 5.92 Å². The van der Waals surface area contributed by atoms with Gasteiger partial charge in [-0.3, -0.25) is 4.79 Å². The quantitative estimate of drug-likeness (QED) is 0.627. The third-order valence-electron chi connectivity index (χ3n) is 5.60. The Morgan fingerprint density at radius 3 is 2.57 bits per heavy atom. The van der Waals surface area contributed by atoms with E-state index in [2.05, 4.69) is 33.9 Å². The van der Waals surface area contributed by atoms with Crippen molar-refractivity contribution < 1.29 is 23.8 Å². The number of hydrogen-bond acceptors (Lipinski definition) is 5. The predicted octanol–water partition coefficient (Wildman–Crippen LogP) is 2.30. The zero-order valence-electron chi connectivity index (χ0n) is 15.3. The Balaban J connectivity index is 2.38. The summed E-state index contributed by atoms with van der Waals surface area (Å²) in [6.45, 7) is 13.0. The van der Waals surface area contributed by atoms with Crippen molar-refractivity contribution in [1.82, 2.24) is 0 Å². The molecule has 0 saturated carbocycles. The van der Waals surface area contributed by atoms with E-state index in [1.54, 1.807) is 7.11 Å². The van der Waals surface area contributed by atoms with Crippen molar-refractivity contribution in [2.45, 2.75) is 63.6 Å². The third kappa shape index (κ3) is 3.07. The Labute approximate surface area is 140 Å². The van der Waals surface area contributed by atoms with E-state index in [1.807, 2.05) is 13.0 Å². The summed E-state index contributed by atoms with van der Waals surface area (Å²) >= 11 is 0. The van der Waals surface area contributed by atoms with Crippen LogP contribution in [0.25, 0.3) is 0 Å². The van der Waals surface area contributed by atoms with Gasteiger partial charge < -0.3 is 19.0 Å². The van der Waals surface area contributed by atoms with Gasteiger partial charge in [-0.15, -0.1) is 0 Å². The average molecular weight is 343 g/mol. The highest BCUT2D eigenvalue weighted by molar-refractivity contribution is 6.74. The Morgan fingerprint density at radius 2 is 2.04 bits per heavy atom. The van der Waals surface area contributed by atoms with Crippen molar-refractivity contribution in [1.29, 1.82) is 0 Å². The molecule has 0 unspecified atom stereocenters. The smallest absolute Gasteiger partial charge is 0.193 e. The van der Waals surface area contributed by atoms with Gasteiger partial charge in [0.2, 0.25) is 0 Å². The maximum atomic E-state index is 12.3. The number of Topliss-reactive ketones (excluding diaryl/α,β-unsaturated/α-hetero) is 1. The van der Waals surface area contributed by atoms with E-state index < -0.39 is 25.9 Å². The molecule has 2 aliphatic rings. The predicted molar refractivity (Wildman–Crippen MR) is 90.9 cm³/mol. The first kappa shape index (κ1) is 18.8. The molecule has 0 spiro atoms. The second-order valence-corrected chi connectivity index (χ2v) is 13.0. The first-order chi connectivity index (χ1) is 10.4. The molecule has 0 bridgehead atoms. The van der Waals surface area contributed by atoms with E-state index in [4.69, 9.17) is 13.9 Å². The number of rotatable bonds is 4. The molecule has 1 saturated heterocycles. The monoisotopic (exact) mass is 342 g/mol. The largest absolute Gasteiger partial charge is 0.407 e. The van der Waals surface area contributed by atoms with Gasteiger partial charge in [0.25, 0.3) is 0 Å². The highest BCUT2D eigenvalue weighted by Gasteiger charge is 2.61. The number of ketones is 1. The summed E-state index contributed by atoms with van der Waals surface area (Å²) in [4.78, 5) is 12.3. The lowest BCUT2D eigenvalue weighted by atomic mass is 9.73. The van der Waals surface area contributed by atoms with E-state index in [0.29, 0.717) is 0 Å². The molecule has 0 radical (unpaired) electrons. The lowest BCUT2D eigenvalue weighted by molar-refractivity contribution is -0.150. The zero-order chi connectivity index (χ0) is 17.6. The average Bonchev–Trinajstić information content (AvgIpc) is 2.71. The van der Waals surface area contributed by atoms with Crippen LogP contribution in [0.2, 0.25) is 18.1 Å². The SMILES string of the molecule is COC[C@@H]1C=C(C)[C@@H](O[Si](C)(C)C(C)(C)C)[C@H]2OCC(=O)[C@]21O. The van der Waals surface area contributed by atoms with E-state index >= 15 is 0 Å². The molecular formula is C17H30O5Si. The van der Waals surface area contributed by atoms with Crippen molar-refractivity contribution >= 4 is 14.1 Å². The Morgan fingerprint density at radius 1 is 1.43 bits per heavy atom. The molecule has 0 aromatic rings. The van der Waals surface area contributed by atoms with Crippen LogP contribution < -0.4 is 0 Å². The lowest BCUT2D eigenvalue weighted by Gasteiger charge is -2.46. The zero-order valence-corrected chi connectivity index (χ0v) is 16.3. The fourth-order valence-electron chi connectivity index (χ4n) is 3.08. The first-order valence-electron chi connectivity index (χ1n) is 8.17. The summed E-state index contributed by atoms with van der Waals surface area (Å²) in [5, 5.41) is 11.1. The van der Waals surface area contributed by atoms with Crippen LogP contribution in [0.4, 0.5) is 0 Å². The molecule has 0 aromatic carbocycles. The van der Waals surface area contributed by atoms with Crippen LogP contribution in [0.15, 0.2) is 11.6 Å². The van der Waals surface area contributed by atoms with E-state index in [0.717, 1.165) is 5.57 Å². The van der Waals surface area contributed by atoms with Crippen LogP contribution in [0.5, 0.6) is 0 Å². The second kappa shape index (κ2) is 6.08. The topological polar surface area (TPSA) is 65.0 Å². The lowest BCUT2D eigenvalue weighted by Crippen LogP contribution is -2.61. The molecule has 23 heavy (non-hydrogen) atoms. The van der Waals surface area contributed by atoms with E-state index in [-0.39, 0.29) is 30.1 Å². The molecule has 5 nitrogen and oxygen atoms in total. The minimum atomic E-state index is -2.06. The van der Waals surface area contributed by atoms with Gasteiger partial charge in [0.15, 0.2) is 19.7 Å².